The van der Waals surface area contributed by atoms with E-state index < -0.39 is 0 Å². The number of hydrogen-bond donors (Lipinski definition) is 1. The zero-order valence-electron chi connectivity index (χ0n) is 14.3. The Labute approximate surface area is 161 Å². The maximum Gasteiger partial charge on any atom is 0.238 e. The van der Waals surface area contributed by atoms with Crippen LogP contribution in [0.3, 0.4) is 0 Å². The Bertz CT molecular complexity index is 755. The number of ether oxygens (including phenoxy) is 2. The summed E-state index contributed by atoms with van der Waals surface area (Å²) >= 11 is 9.52. The van der Waals surface area contributed by atoms with E-state index in [2.05, 4.69) is 21.2 Å². The Balaban J connectivity index is 1.96. The summed E-state index contributed by atoms with van der Waals surface area (Å²) in [4.78, 5) is 14.1. The van der Waals surface area contributed by atoms with Gasteiger partial charge in [0.25, 0.3) is 0 Å². The first-order chi connectivity index (χ1) is 11.9. The molecule has 2 aromatic carbocycles. The number of benzene rings is 2. The molecule has 2 rings (SSSR count). The SMILES string of the molecule is COc1ccc(NC(=O)CN(C)Cc2cc(Br)ccc2OC)cc1Cl. The van der Waals surface area contributed by atoms with Crippen molar-refractivity contribution < 1.29 is 14.3 Å². The first kappa shape index (κ1) is 19.6. The van der Waals surface area contributed by atoms with E-state index in [1.54, 1.807) is 32.4 Å². The molecule has 0 heterocycles. The lowest BCUT2D eigenvalue weighted by molar-refractivity contribution is -0.117. The Hall–Kier alpha value is -1.76. The molecule has 1 amide bonds. The smallest absolute Gasteiger partial charge is 0.238 e. The summed E-state index contributed by atoms with van der Waals surface area (Å²) in [6.45, 7) is 0.818. The van der Waals surface area contributed by atoms with E-state index in [9.17, 15) is 4.79 Å². The molecule has 7 heteroatoms. The van der Waals surface area contributed by atoms with Gasteiger partial charge < -0.3 is 14.8 Å². The first-order valence-corrected chi connectivity index (χ1v) is 8.74. The number of likely N-dealkylation sites (N-methyl/N-ethyl adjacent to an activating group) is 1. The van der Waals surface area contributed by atoms with E-state index in [-0.39, 0.29) is 12.5 Å². The van der Waals surface area contributed by atoms with E-state index in [1.165, 1.54) is 0 Å². The van der Waals surface area contributed by atoms with Gasteiger partial charge in [0.15, 0.2) is 0 Å². The number of carbonyl (C=O) groups is 1. The van der Waals surface area contributed by atoms with E-state index in [1.807, 2.05) is 30.1 Å². The molecule has 0 unspecified atom stereocenters. The lowest BCUT2D eigenvalue weighted by Crippen LogP contribution is -2.30. The third kappa shape index (κ3) is 5.63. The fraction of sp³-hybridized carbons (Fsp3) is 0.278. The van der Waals surface area contributed by atoms with Crippen molar-refractivity contribution in [2.45, 2.75) is 6.54 Å². The van der Waals surface area contributed by atoms with Crippen molar-refractivity contribution in [3.63, 3.8) is 0 Å². The molecule has 0 radical (unpaired) electrons. The topological polar surface area (TPSA) is 50.8 Å². The van der Waals surface area contributed by atoms with Gasteiger partial charge in [-0.1, -0.05) is 27.5 Å². The summed E-state index contributed by atoms with van der Waals surface area (Å²) < 4.78 is 11.4. The molecule has 0 saturated heterocycles. The molecule has 134 valence electrons. The van der Waals surface area contributed by atoms with Crippen LogP contribution in [0.5, 0.6) is 11.5 Å². The van der Waals surface area contributed by atoms with Gasteiger partial charge in [-0.25, -0.2) is 0 Å². The summed E-state index contributed by atoms with van der Waals surface area (Å²) in [6, 6.07) is 10.9. The highest BCUT2D eigenvalue weighted by Gasteiger charge is 2.12. The predicted octanol–water partition coefficient (Wildman–Crippen LogP) is 4.19. The number of nitrogens with one attached hydrogen (secondary N) is 1. The fourth-order valence-corrected chi connectivity index (χ4v) is 3.07. The van der Waals surface area contributed by atoms with E-state index in [4.69, 9.17) is 21.1 Å². The van der Waals surface area contributed by atoms with Crippen molar-refractivity contribution in [1.82, 2.24) is 4.90 Å². The van der Waals surface area contributed by atoms with Crippen molar-refractivity contribution in [1.29, 1.82) is 0 Å². The van der Waals surface area contributed by atoms with Gasteiger partial charge in [-0.2, -0.15) is 0 Å². The molecular weight excluding hydrogens is 408 g/mol. The molecule has 0 fully saturated rings. The van der Waals surface area contributed by atoms with Gasteiger partial charge in [-0.05, 0) is 43.4 Å². The second kappa shape index (κ2) is 9.08. The molecule has 0 aliphatic heterocycles. The second-order valence-electron chi connectivity index (χ2n) is 5.53. The monoisotopic (exact) mass is 426 g/mol. The number of methoxy groups -OCH3 is 2. The molecule has 1 N–H and O–H groups in total. The van der Waals surface area contributed by atoms with Gasteiger partial charge in [-0.15, -0.1) is 0 Å². The Kier molecular flexibility index (Phi) is 7.11. The van der Waals surface area contributed by atoms with Crippen LogP contribution in [0, 0.1) is 0 Å². The summed E-state index contributed by atoms with van der Waals surface area (Å²) in [5, 5.41) is 3.28. The van der Waals surface area contributed by atoms with Crippen LogP contribution < -0.4 is 14.8 Å². The van der Waals surface area contributed by atoms with Crippen LogP contribution in [0.25, 0.3) is 0 Å². The quantitative estimate of drug-likeness (QED) is 0.720. The Morgan fingerprint density at radius 3 is 2.48 bits per heavy atom. The molecule has 0 atom stereocenters. The lowest BCUT2D eigenvalue weighted by atomic mass is 10.2. The number of nitrogens with zero attached hydrogens (tertiary/aromatic N) is 1. The highest BCUT2D eigenvalue weighted by Crippen LogP contribution is 2.27. The minimum absolute atomic E-state index is 0.127. The summed E-state index contributed by atoms with van der Waals surface area (Å²) in [5.74, 6) is 1.23. The van der Waals surface area contributed by atoms with Crippen molar-refractivity contribution in [2.24, 2.45) is 0 Å². The van der Waals surface area contributed by atoms with Crippen LogP contribution in [0.1, 0.15) is 5.56 Å². The number of carbonyl (C=O) groups excluding carboxylic acids is 1. The predicted molar refractivity (Wildman–Crippen MR) is 104 cm³/mol. The molecule has 0 spiro atoms. The van der Waals surface area contributed by atoms with E-state index >= 15 is 0 Å². The standard InChI is InChI=1S/C18H20BrClN2O3/c1-22(10-12-8-13(19)4-6-16(12)24-2)11-18(23)21-14-5-7-17(25-3)15(20)9-14/h4-9H,10-11H2,1-3H3,(H,21,23). The second-order valence-corrected chi connectivity index (χ2v) is 6.85. The van der Waals surface area contributed by atoms with E-state index in [0.717, 1.165) is 15.8 Å². The van der Waals surface area contributed by atoms with Crippen LogP contribution in [-0.2, 0) is 11.3 Å². The fourth-order valence-electron chi connectivity index (χ4n) is 2.41. The van der Waals surface area contributed by atoms with Crippen LogP contribution in [0.15, 0.2) is 40.9 Å². The van der Waals surface area contributed by atoms with Crippen LogP contribution >= 0.6 is 27.5 Å². The highest BCUT2D eigenvalue weighted by molar-refractivity contribution is 9.10. The highest BCUT2D eigenvalue weighted by atomic mass is 79.9. The van der Waals surface area contributed by atoms with Crippen molar-refractivity contribution >= 4 is 39.1 Å². The third-order valence-corrected chi connectivity index (χ3v) is 4.32. The van der Waals surface area contributed by atoms with Crippen LogP contribution in [0.2, 0.25) is 5.02 Å². The molecule has 0 aliphatic rings. The van der Waals surface area contributed by atoms with Gasteiger partial charge in [0.2, 0.25) is 5.91 Å². The third-order valence-electron chi connectivity index (χ3n) is 3.53. The summed E-state index contributed by atoms with van der Waals surface area (Å²) in [7, 11) is 5.05. The maximum absolute atomic E-state index is 12.2. The van der Waals surface area contributed by atoms with Gasteiger partial charge in [0.1, 0.15) is 11.5 Å². The zero-order valence-corrected chi connectivity index (χ0v) is 16.6. The molecular formula is C18H20BrClN2O3. The number of rotatable bonds is 7. The molecule has 5 nitrogen and oxygen atoms in total. The molecule has 0 bridgehead atoms. The minimum atomic E-state index is -0.127. The zero-order chi connectivity index (χ0) is 18.4. The summed E-state index contributed by atoms with van der Waals surface area (Å²) in [6.07, 6.45) is 0. The average molecular weight is 428 g/mol. The number of anilines is 1. The van der Waals surface area contributed by atoms with Gasteiger partial charge in [0.05, 0.1) is 25.8 Å². The Morgan fingerprint density at radius 2 is 1.84 bits per heavy atom. The van der Waals surface area contributed by atoms with Gasteiger partial charge >= 0.3 is 0 Å². The first-order valence-electron chi connectivity index (χ1n) is 7.57. The molecule has 0 aliphatic carbocycles. The molecule has 25 heavy (non-hydrogen) atoms. The molecule has 0 aromatic heterocycles. The average Bonchev–Trinajstić information content (AvgIpc) is 2.55. The largest absolute Gasteiger partial charge is 0.496 e. The Morgan fingerprint density at radius 1 is 1.16 bits per heavy atom. The van der Waals surface area contributed by atoms with Crippen LogP contribution in [0.4, 0.5) is 5.69 Å². The van der Waals surface area contributed by atoms with Crippen molar-refractivity contribution in [2.75, 3.05) is 33.1 Å². The maximum atomic E-state index is 12.2. The number of hydrogen-bond acceptors (Lipinski definition) is 4. The molecule has 0 saturated carbocycles. The van der Waals surface area contributed by atoms with Crippen molar-refractivity contribution in [3.05, 3.63) is 51.5 Å². The van der Waals surface area contributed by atoms with Gasteiger partial charge in [-0.3, -0.25) is 9.69 Å². The van der Waals surface area contributed by atoms with Gasteiger partial charge in [0, 0.05) is 22.3 Å². The van der Waals surface area contributed by atoms with Crippen LogP contribution in [-0.4, -0.2) is 38.6 Å². The number of halogens is 2. The summed E-state index contributed by atoms with van der Waals surface area (Å²) in [5.41, 5.74) is 1.63. The lowest BCUT2D eigenvalue weighted by Gasteiger charge is -2.18. The molecule has 2 aromatic rings. The van der Waals surface area contributed by atoms with Crippen molar-refractivity contribution in [3.8, 4) is 11.5 Å². The van der Waals surface area contributed by atoms with E-state index in [0.29, 0.717) is 23.0 Å². The number of amides is 1. The normalized spacial score (nSPS) is 10.6. The minimum Gasteiger partial charge on any atom is -0.496 e.